The van der Waals surface area contributed by atoms with Crippen molar-refractivity contribution in [2.24, 2.45) is 0 Å². The van der Waals surface area contributed by atoms with Crippen molar-refractivity contribution >= 4 is 10.0 Å². The zero-order valence-electron chi connectivity index (χ0n) is 13.5. The van der Waals surface area contributed by atoms with Crippen LogP contribution >= 0.6 is 0 Å². The highest BCUT2D eigenvalue weighted by atomic mass is 32.2. The predicted molar refractivity (Wildman–Crippen MR) is 84.7 cm³/mol. The van der Waals surface area contributed by atoms with Crippen molar-refractivity contribution in [3.63, 3.8) is 0 Å². The Morgan fingerprint density at radius 3 is 2.52 bits per heavy atom. The number of nitrogens with one attached hydrogen (secondary N) is 1. The Hall–Kier alpha value is -0.950. The van der Waals surface area contributed by atoms with Gasteiger partial charge in [-0.05, 0) is 24.6 Å². The molecule has 0 aliphatic carbocycles. The third-order valence-corrected chi connectivity index (χ3v) is 5.29. The molecule has 0 spiro atoms. The first-order valence-electron chi connectivity index (χ1n) is 7.08. The second kappa shape index (κ2) is 7.89. The van der Waals surface area contributed by atoms with Gasteiger partial charge in [-0.15, -0.1) is 0 Å². The fourth-order valence-electron chi connectivity index (χ4n) is 1.89. The first-order valence-corrected chi connectivity index (χ1v) is 8.52. The quantitative estimate of drug-likeness (QED) is 0.795. The zero-order chi connectivity index (χ0) is 16.0. The van der Waals surface area contributed by atoms with E-state index in [1.54, 1.807) is 32.4 Å². The third kappa shape index (κ3) is 5.07. The van der Waals surface area contributed by atoms with Gasteiger partial charge in [0.05, 0.1) is 11.5 Å². The fourth-order valence-corrected chi connectivity index (χ4v) is 3.31. The number of methoxy groups -OCH3 is 1. The first-order chi connectivity index (χ1) is 9.78. The molecule has 0 bridgehead atoms. The van der Waals surface area contributed by atoms with Gasteiger partial charge >= 0.3 is 0 Å². The molecule has 1 aromatic carbocycles. The van der Waals surface area contributed by atoms with E-state index >= 15 is 0 Å². The monoisotopic (exact) mass is 314 g/mol. The summed E-state index contributed by atoms with van der Waals surface area (Å²) in [6.07, 6.45) is 0. The average Bonchev–Trinajstić information content (AvgIpc) is 2.44. The number of ether oxygens (including phenoxy) is 1. The Morgan fingerprint density at radius 1 is 1.29 bits per heavy atom. The van der Waals surface area contributed by atoms with Crippen molar-refractivity contribution < 1.29 is 13.2 Å². The minimum absolute atomic E-state index is 0.211. The van der Waals surface area contributed by atoms with Crippen LogP contribution in [0.5, 0.6) is 0 Å². The first kappa shape index (κ1) is 18.1. The minimum atomic E-state index is -3.50. The number of benzene rings is 1. The summed E-state index contributed by atoms with van der Waals surface area (Å²) in [4.78, 5) is 0.316. The minimum Gasteiger partial charge on any atom is -0.383 e. The van der Waals surface area contributed by atoms with Gasteiger partial charge in [-0.2, -0.15) is 4.31 Å². The van der Waals surface area contributed by atoms with Gasteiger partial charge in [0.2, 0.25) is 10.0 Å². The van der Waals surface area contributed by atoms with Gasteiger partial charge in [0.25, 0.3) is 0 Å². The van der Waals surface area contributed by atoms with Crippen LogP contribution in [0.25, 0.3) is 0 Å². The van der Waals surface area contributed by atoms with Gasteiger partial charge in [0.1, 0.15) is 0 Å². The molecule has 1 rings (SSSR count). The highest BCUT2D eigenvalue weighted by Gasteiger charge is 2.25. The maximum atomic E-state index is 12.6. The van der Waals surface area contributed by atoms with Crippen LogP contribution in [0.1, 0.15) is 26.3 Å². The Bertz CT molecular complexity index is 544. The van der Waals surface area contributed by atoms with E-state index in [0.29, 0.717) is 24.1 Å². The summed E-state index contributed by atoms with van der Waals surface area (Å²) in [6.45, 7) is 6.95. The van der Waals surface area contributed by atoms with Gasteiger partial charge in [0.15, 0.2) is 0 Å². The van der Waals surface area contributed by atoms with Crippen LogP contribution in [0.2, 0.25) is 0 Å². The third-order valence-electron chi connectivity index (χ3n) is 3.32. The van der Waals surface area contributed by atoms with Crippen LogP contribution < -0.4 is 5.32 Å². The molecule has 0 aliphatic heterocycles. The van der Waals surface area contributed by atoms with Crippen LogP contribution in [0.15, 0.2) is 29.2 Å². The number of hydrogen-bond donors (Lipinski definition) is 1. The van der Waals surface area contributed by atoms with Crippen molar-refractivity contribution in [3.8, 4) is 0 Å². The fraction of sp³-hybridized carbons (Fsp3) is 0.600. The molecule has 1 atom stereocenters. The Morgan fingerprint density at radius 2 is 1.95 bits per heavy atom. The van der Waals surface area contributed by atoms with Crippen molar-refractivity contribution in [1.82, 2.24) is 9.62 Å². The molecule has 6 heteroatoms. The number of sulfonamides is 1. The molecule has 5 nitrogen and oxygen atoms in total. The summed E-state index contributed by atoms with van der Waals surface area (Å²) in [5.74, 6) is 0. The number of hydrogen-bond acceptors (Lipinski definition) is 4. The molecule has 1 N–H and O–H groups in total. The second-order valence-electron chi connectivity index (χ2n) is 5.51. The van der Waals surface area contributed by atoms with Crippen LogP contribution in [0.3, 0.4) is 0 Å². The van der Waals surface area contributed by atoms with Crippen molar-refractivity contribution in [2.75, 3.05) is 20.8 Å². The lowest BCUT2D eigenvalue weighted by atomic mass is 10.2. The smallest absolute Gasteiger partial charge is 0.243 e. The average molecular weight is 314 g/mol. The lowest BCUT2D eigenvalue weighted by Gasteiger charge is -2.24. The summed E-state index contributed by atoms with van der Waals surface area (Å²) < 4.78 is 31.6. The van der Waals surface area contributed by atoms with E-state index in [4.69, 9.17) is 4.74 Å². The lowest BCUT2D eigenvalue weighted by Crippen LogP contribution is -2.37. The van der Waals surface area contributed by atoms with Crippen LogP contribution in [0, 0.1) is 0 Å². The van der Waals surface area contributed by atoms with E-state index in [1.165, 1.54) is 4.31 Å². The molecule has 0 amide bonds. The van der Waals surface area contributed by atoms with Gasteiger partial charge in [-0.1, -0.05) is 26.0 Å². The van der Waals surface area contributed by atoms with E-state index in [1.807, 2.05) is 13.0 Å². The molecule has 0 fully saturated rings. The molecule has 120 valence electrons. The Labute approximate surface area is 128 Å². The molecule has 1 unspecified atom stereocenters. The standard InChI is InChI=1S/C15H26N2O3S/c1-12(2)16-10-14-7-6-8-15(9-14)21(18,19)17(4)13(3)11-20-5/h6-9,12-13,16H,10-11H2,1-5H3. The van der Waals surface area contributed by atoms with Gasteiger partial charge in [0, 0.05) is 32.8 Å². The summed E-state index contributed by atoms with van der Waals surface area (Å²) in [7, 11) is -0.350. The maximum absolute atomic E-state index is 12.6. The molecule has 0 aliphatic rings. The Kier molecular flexibility index (Phi) is 6.80. The Balaban J connectivity index is 2.95. The molecule has 0 saturated heterocycles. The molecule has 0 saturated carbocycles. The van der Waals surface area contributed by atoms with E-state index in [0.717, 1.165) is 5.56 Å². The van der Waals surface area contributed by atoms with Crippen LogP contribution in [-0.2, 0) is 21.3 Å². The normalized spacial score (nSPS) is 13.9. The molecule has 0 heterocycles. The van der Waals surface area contributed by atoms with Crippen molar-refractivity contribution in [3.05, 3.63) is 29.8 Å². The second-order valence-corrected chi connectivity index (χ2v) is 7.51. The van der Waals surface area contributed by atoms with Gasteiger partial charge < -0.3 is 10.1 Å². The summed E-state index contributed by atoms with van der Waals surface area (Å²) in [6, 6.07) is 7.20. The maximum Gasteiger partial charge on any atom is 0.243 e. The van der Waals surface area contributed by atoms with E-state index in [9.17, 15) is 8.42 Å². The molecule has 0 aromatic heterocycles. The summed E-state index contributed by atoms with van der Waals surface area (Å²) in [5, 5.41) is 3.28. The van der Waals surface area contributed by atoms with Crippen LogP contribution in [-0.4, -0.2) is 45.6 Å². The molecule has 21 heavy (non-hydrogen) atoms. The summed E-state index contributed by atoms with van der Waals surface area (Å²) in [5.41, 5.74) is 0.956. The van der Waals surface area contributed by atoms with Gasteiger partial charge in [-0.3, -0.25) is 0 Å². The van der Waals surface area contributed by atoms with Crippen molar-refractivity contribution in [2.45, 2.75) is 44.3 Å². The number of nitrogens with zero attached hydrogens (tertiary/aromatic N) is 1. The molecular formula is C15H26N2O3S. The van der Waals surface area contributed by atoms with Gasteiger partial charge in [-0.25, -0.2) is 8.42 Å². The largest absolute Gasteiger partial charge is 0.383 e. The highest BCUT2D eigenvalue weighted by Crippen LogP contribution is 2.18. The lowest BCUT2D eigenvalue weighted by molar-refractivity contribution is 0.149. The SMILES string of the molecule is COCC(C)N(C)S(=O)(=O)c1cccc(CNC(C)C)c1. The zero-order valence-corrected chi connectivity index (χ0v) is 14.3. The molecular weight excluding hydrogens is 288 g/mol. The van der Waals surface area contributed by atoms with E-state index in [2.05, 4.69) is 19.2 Å². The van der Waals surface area contributed by atoms with E-state index in [-0.39, 0.29) is 6.04 Å². The number of rotatable bonds is 8. The highest BCUT2D eigenvalue weighted by molar-refractivity contribution is 7.89. The summed E-state index contributed by atoms with van der Waals surface area (Å²) >= 11 is 0. The molecule has 0 radical (unpaired) electrons. The topological polar surface area (TPSA) is 58.6 Å². The van der Waals surface area contributed by atoms with Crippen molar-refractivity contribution in [1.29, 1.82) is 0 Å². The van der Waals surface area contributed by atoms with E-state index < -0.39 is 10.0 Å². The predicted octanol–water partition coefficient (Wildman–Crippen LogP) is 1.84. The number of likely N-dealkylation sites (N-methyl/N-ethyl adjacent to an activating group) is 1. The molecule has 1 aromatic rings. The van der Waals surface area contributed by atoms with Crippen LogP contribution in [0.4, 0.5) is 0 Å².